The topological polar surface area (TPSA) is 99.4 Å². The van der Waals surface area contributed by atoms with Crippen LogP contribution in [-0.2, 0) is 9.47 Å². The molecule has 90 valence electrons. The van der Waals surface area contributed by atoms with Crippen LogP contribution in [0.2, 0.25) is 0 Å². The number of aliphatic hydroxyl groups is 4. The molecule has 6 heteroatoms. The standard InChI is InChI=1S/C9H18O6/c1-14-9(15-2)4-3-5(10)7(12)8(13)6(4)11/h4-13H,3H2,1-2H3. The Morgan fingerprint density at radius 2 is 1.47 bits per heavy atom. The highest BCUT2D eigenvalue weighted by Crippen LogP contribution is 2.29. The molecular weight excluding hydrogens is 204 g/mol. The average Bonchev–Trinajstić information content (AvgIpc) is 2.24. The summed E-state index contributed by atoms with van der Waals surface area (Å²) in [7, 11) is 2.81. The molecule has 5 atom stereocenters. The Kier molecular flexibility index (Phi) is 4.45. The molecule has 0 aromatic carbocycles. The number of hydrogen-bond donors (Lipinski definition) is 4. The van der Waals surface area contributed by atoms with Crippen molar-refractivity contribution in [3.05, 3.63) is 0 Å². The van der Waals surface area contributed by atoms with E-state index in [1.54, 1.807) is 0 Å². The van der Waals surface area contributed by atoms with E-state index in [-0.39, 0.29) is 6.42 Å². The molecule has 6 nitrogen and oxygen atoms in total. The molecule has 1 aliphatic rings. The van der Waals surface area contributed by atoms with Crippen molar-refractivity contribution in [1.29, 1.82) is 0 Å². The lowest BCUT2D eigenvalue weighted by Gasteiger charge is -2.40. The fraction of sp³-hybridized carbons (Fsp3) is 1.00. The van der Waals surface area contributed by atoms with Crippen molar-refractivity contribution in [2.24, 2.45) is 5.92 Å². The molecule has 0 heterocycles. The summed E-state index contributed by atoms with van der Waals surface area (Å²) in [4.78, 5) is 0. The lowest BCUT2D eigenvalue weighted by atomic mass is 9.80. The summed E-state index contributed by atoms with van der Waals surface area (Å²) in [6.45, 7) is 0. The van der Waals surface area contributed by atoms with Gasteiger partial charge in [-0.1, -0.05) is 0 Å². The third-order valence-electron chi connectivity index (χ3n) is 2.86. The van der Waals surface area contributed by atoms with E-state index < -0.39 is 36.6 Å². The molecule has 5 unspecified atom stereocenters. The summed E-state index contributed by atoms with van der Waals surface area (Å²) >= 11 is 0. The Balaban J connectivity index is 2.73. The van der Waals surface area contributed by atoms with Gasteiger partial charge < -0.3 is 29.9 Å². The normalized spacial score (nSPS) is 42.2. The molecule has 15 heavy (non-hydrogen) atoms. The first-order valence-corrected chi connectivity index (χ1v) is 4.80. The maximum Gasteiger partial charge on any atom is 0.162 e. The fourth-order valence-electron chi connectivity index (χ4n) is 1.96. The third kappa shape index (κ3) is 2.47. The van der Waals surface area contributed by atoms with Gasteiger partial charge in [0.05, 0.1) is 12.2 Å². The monoisotopic (exact) mass is 222 g/mol. The Bertz CT molecular complexity index is 195. The van der Waals surface area contributed by atoms with E-state index in [1.807, 2.05) is 0 Å². The number of aliphatic hydroxyl groups excluding tert-OH is 4. The molecule has 0 aromatic rings. The van der Waals surface area contributed by atoms with E-state index in [0.717, 1.165) is 0 Å². The van der Waals surface area contributed by atoms with Crippen molar-refractivity contribution < 1.29 is 29.9 Å². The molecule has 0 amide bonds. The maximum atomic E-state index is 9.68. The van der Waals surface area contributed by atoms with Gasteiger partial charge in [-0.25, -0.2) is 0 Å². The summed E-state index contributed by atoms with van der Waals surface area (Å²) in [5, 5.41) is 37.9. The number of hydrogen-bond acceptors (Lipinski definition) is 6. The molecule has 1 saturated carbocycles. The van der Waals surface area contributed by atoms with Crippen LogP contribution in [0.25, 0.3) is 0 Å². The molecule has 1 fully saturated rings. The summed E-state index contributed by atoms with van der Waals surface area (Å²) in [5.41, 5.74) is 0. The zero-order valence-electron chi connectivity index (χ0n) is 8.78. The average molecular weight is 222 g/mol. The highest BCUT2D eigenvalue weighted by atomic mass is 16.7. The van der Waals surface area contributed by atoms with E-state index in [2.05, 4.69) is 0 Å². The molecular formula is C9H18O6. The minimum atomic E-state index is -1.38. The van der Waals surface area contributed by atoms with Gasteiger partial charge in [-0.05, 0) is 6.42 Å². The first kappa shape index (κ1) is 12.8. The van der Waals surface area contributed by atoms with Crippen LogP contribution >= 0.6 is 0 Å². The number of rotatable bonds is 3. The molecule has 0 aromatic heterocycles. The van der Waals surface area contributed by atoms with Gasteiger partial charge in [-0.3, -0.25) is 0 Å². The van der Waals surface area contributed by atoms with Gasteiger partial charge in [0.15, 0.2) is 6.29 Å². The molecule has 0 radical (unpaired) electrons. The third-order valence-corrected chi connectivity index (χ3v) is 2.86. The molecule has 4 N–H and O–H groups in total. The lowest BCUT2D eigenvalue weighted by molar-refractivity contribution is -0.223. The van der Waals surface area contributed by atoms with E-state index in [9.17, 15) is 20.4 Å². The highest BCUT2D eigenvalue weighted by molar-refractivity contribution is 4.93. The van der Waals surface area contributed by atoms with E-state index in [1.165, 1.54) is 14.2 Å². The van der Waals surface area contributed by atoms with Gasteiger partial charge in [-0.2, -0.15) is 0 Å². The molecule has 1 rings (SSSR count). The molecule has 0 saturated heterocycles. The van der Waals surface area contributed by atoms with Crippen molar-refractivity contribution in [3.8, 4) is 0 Å². The molecule has 0 bridgehead atoms. The largest absolute Gasteiger partial charge is 0.390 e. The van der Waals surface area contributed by atoms with Gasteiger partial charge in [-0.15, -0.1) is 0 Å². The van der Waals surface area contributed by atoms with Gasteiger partial charge in [0.25, 0.3) is 0 Å². The molecule has 1 aliphatic carbocycles. The van der Waals surface area contributed by atoms with Gasteiger partial charge in [0, 0.05) is 20.1 Å². The maximum absolute atomic E-state index is 9.68. The van der Waals surface area contributed by atoms with E-state index >= 15 is 0 Å². The Labute approximate surface area is 88.1 Å². The highest BCUT2D eigenvalue weighted by Gasteiger charge is 2.45. The van der Waals surface area contributed by atoms with Crippen molar-refractivity contribution in [1.82, 2.24) is 0 Å². The van der Waals surface area contributed by atoms with Gasteiger partial charge >= 0.3 is 0 Å². The quantitative estimate of drug-likeness (QED) is 0.415. The summed E-state index contributed by atoms with van der Waals surface area (Å²) < 4.78 is 9.91. The summed E-state index contributed by atoms with van der Waals surface area (Å²) in [5.74, 6) is -0.562. The molecule has 0 spiro atoms. The van der Waals surface area contributed by atoms with Crippen LogP contribution in [0.4, 0.5) is 0 Å². The SMILES string of the molecule is COC(OC)C1CC(O)C(O)C(O)C1O. The first-order valence-electron chi connectivity index (χ1n) is 4.80. The Morgan fingerprint density at radius 3 is 1.93 bits per heavy atom. The zero-order chi connectivity index (χ0) is 11.6. The molecule has 0 aliphatic heterocycles. The second-order valence-electron chi connectivity index (χ2n) is 3.78. The van der Waals surface area contributed by atoms with Crippen LogP contribution < -0.4 is 0 Å². The summed E-state index contributed by atoms with van der Waals surface area (Å²) in [6.07, 6.45) is -5.56. The Hall–Kier alpha value is -0.240. The van der Waals surface area contributed by atoms with Crippen molar-refractivity contribution in [2.45, 2.75) is 37.1 Å². The number of methoxy groups -OCH3 is 2. The van der Waals surface area contributed by atoms with Crippen LogP contribution in [0.1, 0.15) is 6.42 Å². The van der Waals surface area contributed by atoms with Crippen molar-refractivity contribution >= 4 is 0 Å². The first-order chi connectivity index (χ1) is 7.02. The predicted octanol–water partition coefficient (Wildman–Crippen LogP) is -1.93. The fourth-order valence-corrected chi connectivity index (χ4v) is 1.96. The van der Waals surface area contributed by atoms with Crippen molar-refractivity contribution in [2.75, 3.05) is 14.2 Å². The van der Waals surface area contributed by atoms with Crippen LogP contribution in [0.3, 0.4) is 0 Å². The minimum Gasteiger partial charge on any atom is -0.390 e. The lowest BCUT2D eigenvalue weighted by Crippen LogP contribution is -2.56. The predicted molar refractivity (Wildman–Crippen MR) is 49.9 cm³/mol. The van der Waals surface area contributed by atoms with E-state index in [4.69, 9.17) is 9.47 Å². The van der Waals surface area contributed by atoms with Gasteiger partial charge in [0.1, 0.15) is 12.2 Å². The van der Waals surface area contributed by atoms with Crippen LogP contribution in [-0.4, -0.2) is 65.4 Å². The van der Waals surface area contributed by atoms with Crippen LogP contribution in [0, 0.1) is 5.92 Å². The van der Waals surface area contributed by atoms with Crippen molar-refractivity contribution in [3.63, 3.8) is 0 Å². The second kappa shape index (κ2) is 5.20. The van der Waals surface area contributed by atoms with Gasteiger partial charge in [0.2, 0.25) is 0 Å². The van der Waals surface area contributed by atoms with Crippen LogP contribution in [0.5, 0.6) is 0 Å². The van der Waals surface area contributed by atoms with Crippen LogP contribution in [0.15, 0.2) is 0 Å². The minimum absolute atomic E-state index is 0.117. The van der Waals surface area contributed by atoms with E-state index in [0.29, 0.717) is 0 Å². The number of ether oxygens (including phenoxy) is 2. The smallest absolute Gasteiger partial charge is 0.162 e. The Morgan fingerprint density at radius 1 is 0.933 bits per heavy atom. The second-order valence-corrected chi connectivity index (χ2v) is 3.78. The zero-order valence-corrected chi connectivity index (χ0v) is 8.78. The summed E-state index contributed by atoms with van der Waals surface area (Å²) in [6, 6.07) is 0.